The summed E-state index contributed by atoms with van der Waals surface area (Å²) < 4.78 is 21.9. The van der Waals surface area contributed by atoms with Crippen LogP contribution in [-0.4, -0.2) is 52.4 Å². The maximum atomic E-state index is 11.6. The fourth-order valence-electron chi connectivity index (χ4n) is 2.58. The minimum absolute atomic E-state index is 0.156. The second kappa shape index (κ2) is 9.27. The topological polar surface area (TPSA) is 101 Å². The SMILES string of the molecule is CC(=O)O[C@H]1[C@H](OC(C)=O)CSC(Oc2c(C)ccnc2Cl)[C@@H]1OC(C)=O. The highest BCUT2D eigenvalue weighted by Gasteiger charge is 2.48. The number of nitrogens with zero attached hydrogens (tertiary/aromatic N) is 1. The van der Waals surface area contributed by atoms with E-state index in [2.05, 4.69) is 4.98 Å². The number of esters is 3. The molecule has 148 valence electrons. The van der Waals surface area contributed by atoms with Gasteiger partial charge in [-0.2, -0.15) is 0 Å². The fourth-order valence-corrected chi connectivity index (χ4v) is 4.03. The van der Waals surface area contributed by atoms with E-state index in [9.17, 15) is 14.4 Å². The van der Waals surface area contributed by atoms with Gasteiger partial charge in [-0.25, -0.2) is 4.98 Å². The Morgan fingerprint density at radius 3 is 2.22 bits per heavy atom. The number of ether oxygens (including phenoxy) is 4. The summed E-state index contributed by atoms with van der Waals surface area (Å²) >= 11 is 7.36. The molecule has 0 amide bonds. The zero-order valence-electron chi connectivity index (χ0n) is 15.3. The molecule has 1 aromatic heterocycles. The van der Waals surface area contributed by atoms with E-state index in [-0.39, 0.29) is 10.9 Å². The van der Waals surface area contributed by atoms with Crippen LogP contribution in [0.3, 0.4) is 0 Å². The van der Waals surface area contributed by atoms with Gasteiger partial charge in [0.25, 0.3) is 0 Å². The number of hydrogen-bond donors (Lipinski definition) is 0. The molecule has 1 unspecified atom stereocenters. The molecule has 0 aromatic carbocycles. The molecule has 0 N–H and O–H groups in total. The van der Waals surface area contributed by atoms with Crippen molar-refractivity contribution >= 4 is 41.3 Å². The Hall–Kier alpha value is -2.00. The molecule has 2 heterocycles. The number of hydrogen-bond acceptors (Lipinski definition) is 9. The third-order valence-electron chi connectivity index (χ3n) is 3.60. The molecule has 0 aliphatic carbocycles. The summed E-state index contributed by atoms with van der Waals surface area (Å²) in [5.41, 5.74) is -0.00576. The van der Waals surface area contributed by atoms with Gasteiger partial charge in [0, 0.05) is 32.7 Å². The van der Waals surface area contributed by atoms with Crippen molar-refractivity contribution in [1.29, 1.82) is 0 Å². The number of aromatic nitrogens is 1. The highest BCUT2D eigenvalue weighted by Crippen LogP contribution is 2.36. The molecule has 4 atom stereocenters. The summed E-state index contributed by atoms with van der Waals surface area (Å²) in [7, 11) is 0. The minimum atomic E-state index is -1.02. The van der Waals surface area contributed by atoms with Crippen molar-refractivity contribution in [2.45, 2.75) is 51.4 Å². The van der Waals surface area contributed by atoms with Crippen molar-refractivity contribution in [3.63, 3.8) is 0 Å². The number of halogens is 1. The molecule has 0 bridgehead atoms. The average Bonchev–Trinajstić information content (AvgIpc) is 2.54. The van der Waals surface area contributed by atoms with Crippen LogP contribution in [0.4, 0.5) is 0 Å². The summed E-state index contributed by atoms with van der Waals surface area (Å²) in [6, 6.07) is 1.72. The second-order valence-electron chi connectivity index (χ2n) is 5.86. The molecule has 0 radical (unpaired) electrons. The van der Waals surface area contributed by atoms with Crippen molar-refractivity contribution in [3.05, 3.63) is 23.0 Å². The summed E-state index contributed by atoms with van der Waals surface area (Å²) in [6.07, 6.45) is -1.27. The van der Waals surface area contributed by atoms with Gasteiger partial charge in [0.05, 0.1) is 0 Å². The molecular formula is C17H20ClNO7S. The predicted molar refractivity (Wildman–Crippen MR) is 97.5 cm³/mol. The van der Waals surface area contributed by atoms with Gasteiger partial charge in [0.15, 0.2) is 34.7 Å². The zero-order chi connectivity index (χ0) is 20.1. The average molecular weight is 418 g/mol. The first-order valence-electron chi connectivity index (χ1n) is 8.10. The fraction of sp³-hybridized carbons (Fsp3) is 0.529. The van der Waals surface area contributed by atoms with Crippen molar-refractivity contribution in [2.75, 3.05) is 5.75 Å². The smallest absolute Gasteiger partial charge is 0.303 e. The molecule has 2 rings (SSSR count). The molecule has 1 aliphatic rings. The normalized spacial score (nSPS) is 24.6. The van der Waals surface area contributed by atoms with Gasteiger partial charge in [-0.15, -0.1) is 11.8 Å². The lowest BCUT2D eigenvalue weighted by Gasteiger charge is -2.40. The summed E-state index contributed by atoms with van der Waals surface area (Å²) in [5, 5.41) is 0.156. The van der Waals surface area contributed by atoms with Gasteiger partial charge in [0.1, 0.15) is 0 Å². The van der Waals surface area contributed by atoms with Crippen LogP contribution in [0.25, 0.3) is 0 Å². The van der Waals surface area contributed by atoms with Crippen LogP contribution in [-0.2, 0) is 28.6 Å². The van der Waals surface area contributed by atoms with E-state index in [1.165, 1.54) is 32.5 Å². The lowest BCUT2D eigenvalue weighted by atomic mass is 10.1. The number of carbonyl (C=O) groups is 3. The van der Waals surface area contributed by atoms with Crippen LogP contribution in [0.15, 0.2) is 12.3 Å². The quantitative estimate of drug-likeness (QED) is 0.405. The van der Waals surface area contributed by atoms with Crippen LogP contribution >= 0.6 is 23.4 Å². The lowest BCUT2D eigenvalue weighted by molar-refractivity contribution is -0.186. The maximum absolute atomic E-state index is 11.6. The van der Waals surface area contributed by atoms with Crippen LogP contribution in [0, 0.1) is 6.92 Å². The van der Waals surface area contributed by atoms with Crippen molar-refractivity contribution in [1.82, 2.24) is 4.98 Å². The van der Waals surface area contributed by atoms with E-state index >= 15 is 0 Å². The second-order valence-corrected chi connectivity index (χ2v) is 7.35. The monoisotopic (exact) mass is 417 g/mol. The Labute approximate surface area is 165 Å². The van der Waals surface area contributed by atoms with E-state index in [1.54, 1.807) is 19.2 Å². The van der Waals surface area contributed by atoms with Crippen molar-refractivity contribution < 1.29 is 33.3 Å². The van der Waals surface area contributed by atoms with Crippen LogP contribution in [0.2, 0.25) is 5.15 Å². The molecule has 27 heavy (non-hydrogen) atoms. The van der Waals surface area contributed by atoms with Gasteiger partial charge < -0.3 is 18.9 Å². The van der Waals surface area contributed by atoms with Crippen LogP contribution in [0.5, 0.6) is 5.75 Å². The van der Waals surface area contributed by atoms with E-state index in [4.69, 9.17) is 30.5 Å². The Bertz CT molecular complexity index is 709. The first-order chi connectivity index (χ1) is 12.7. The Morgan fingerprint density at radius 2 is 1.67 bits per heavy atom. The van der Waals surface area contributed by atoms with Gasteiger partial charge in [0.2, 0.25) is 0 Å². The lowest BCUT2D eigenvalue weighted by Crippen LogP contribution is -2.55. The number of pyridine rings is 1. The van der Waals surface area contributed by atoms with Crippen molar-refractivity contribution in [2.24, 2.45) is 0 Å². The molecule has 1 saturated heterocycles. The Kier molecular flexibility index (Phi) is 7.32. The first kappa shape index (κ1) is 21.3. The predicted octanol–water partition coefficient (Wildman–Crippen LogP) is 2.29. The minimum Gasteiger partial charge on any atom is -0.472 e. The standard InChI is InChI=1S/C17H20ClNO7S/c1-8-5-6-19-16(18)13(8)26-17-15(25-11(4)22)14(24-10(3)21)12(7-27-17)23-9(2)20/h5-6,12,14-15,17H,7H2,1-4H3/t12-,14+,15-,17?/m1/s1. The van der Waals surface area contributed by atoms with Crippen LogP contribution in [0.1, 0.15) is 26.3 Å². The van der Waals surface area contributed by atoms with Gasteiger partial charge >= 0.3 is 17.9 Å². The van der Waals surface area contributed by atoms with Gasteiger partial charge in [-0.05, 0) is 18.6 Å². The third-order valence-corrected chi connectivity index (χ3v) is 5.08. The number of thioether (sulfide) groups is 1. The van der Waals surface area contributed by atoms with Gasteiger partial charge in [-0.3, -0.25) is 14.4 Å². The first-order valence-corrected chi connectivity index (χ1v) is 9.52. The highest BCUT2D eigenvalue weighted by atomic mass is 35.5. The number of rotatable bonds is 5. The highest BCUT2D eigenvalue weighted by molar-refractivity contribution is 7.99. The third kappa shape index (κ3) is 5.74. The maximum Gasteiger partial charge on any atom is 0.303 e. The number of carbonyl (C=O) groups excluding carboxylic acids is 3. The molecule has 10 heteroatoms. The molecule has 8 nitrogen and oxygen atoms in total. The van der Waals surface area contributed by atoms with E-state index in [1.807, 2.05) is 0 Å². The van der Waals surface area contributed by atoms with Gasteiger partial charge in [-0.1, -0.05) is 11.6 Å². The molecule has 1 fully saturated rings. The van der Waals surface area contributed by atoms with E-state index < -0.39 is 41.7 Å². The van der Waals surface area contributed by atoms with Crippen molar-refractivity contribution in [3.8, 4) is 5.75 Å². The largest absolute Gasteiger partial charge is 0.472 e. The van der Waals surface area contributed by atoms with Crippen LogP contribution < -0.4 is 4.74 Å². The molecule has 0 spiro atoms. The zero-order valence-corrected chi connectivity index (χ0v) is 16.8. The molecule has 1 aromatic rings. The molecule has 0 saturated carbocycles. The van der Waals surface area contributed by atoms with E-state index in [0.717, 1.165) is 5.56 Å². The Morgan fingerprint density at radius 1 is 1.07 bits per heavy atom. The summed E-state index contributed by atoms with van der Waals surface area (Å²) in [5.74, 6) is -1.12. The summed E-state index contributed by atoms with van der Waals surface area (Å²) in [6.45, 7) is 5.49. The molecular weight excluding hydrogens is 398 g/mol. The Balaban J connectivity index is 2.34. The number of aryl methyl sites for hydroxylation is 1. The molecule has 1 aliphatic heterocycles. The summed E-state index contributed by atoms with van der Waals surface area (Å²) in [4.78, 5) is 38.6. The van der Waals surface area contributed by atoms with E-state index in [0.29, 0.717) is 5.75 Å².